The van der Waals surface area contributed by atoms with Gasteiger partial charge in [0, 0.05) is 6.07 Å². The Morgan fingerprint density at radius 1 is 1.14 bits per heavy atom. The lowest BCUT2D eigenvalue weighted by Gasteiger charge is -2.31. The maximum absolute atomic E-state index is 5.38. The lowest BCUT2D eigenvalue weighted by molar-refractivity contribution is 0.327. The van der Waals surface area contributed by atoms with Crippen LogP contribution in [-0.4, -0.2) is 11.6 Å². The summed E-state index contributed by atoms with van der Waals surface area (Å²) in [6.07, 6.45) is 4.23. The predicted molar refractivity (Wildman–Crippen MR) is 85.9 cm³/mol. The molecular weight excluding hydrogens is 260 g/mol. The highest BCUT2D eigenvalue weighted by Crippen LogP contribution is 2.38. The van der Waals surface area contributed by atoms with Crippen molar-refractivity contribution in [2.45, 2.75) is 38.6 Å². The van der Waals surface area contributed by atoms with E-state index >= 15 is 0 Å². The fourth-order valence-corrected chi connectivity index (χ4v) is 3.05. The van der Waals surface area contributed by atoms with Gasteiger partial charge in [0.15, 0.2) is 0 Å². The fourth-order valence-electron chi connectivity index (χ4n) is 3.05. The number of fused-ring (bicyclic) bond motifs is 1. The van der Waals surface area contributed by atoms with Crippen molar-refractivity contribution < 1.29 is 4.74 Å². The van der Waals surface area contributed by atoms with Gasteiger partial charge in [-0.15, -0.1) is 0 Å². The van der Waals surface area contributed by atoms with Crippen molar-refractivity contribution in [1.82, 2.24) is 4.98 Å². The molecule has 110 valence electrons. The summed E-state index contributed by atoms with van der Waals surface area (Å²) in [7, 11) is 0. The van der Waals surface area contributed by atoms with E-state index in [1.807, 2.05) is 25.3 Å². The summed E-state index contributed by atoms with van der Waals surface area (Å²) in [4.78, 5) is 4.32. The predicted octanol–water partition coefficient (Wildman–Crippen LogP) is 4.53. The van der Waals surface area contributed by atoms with Gasteiger partial charge in [-0.3, -0.25) is 0 Å². The molecule has 2 aromatic rings. The Balaban J connectivity index is 1.78. The third-order valence-electron chi connectivity index (χ3n) is 4.16. The molecule has 3 rings (SSSR count). The van der Waals surface area contributed by atoms with E-state index in [0.717, 1.165) is 12.1 Å². The minimum absolute atomic E-state index is 0.372. The number of benzene rings is 1. The van der Waals surface area contributed by atoms with Crippen LogP contribution in [0.15, 0.2) is 42.6 Å². The average molecular weight is 282 g/mol. The van der Waals surface area contributed by atoms with Gasteiger partial charge in [-0.25, -0.2) is 4.98 Å². The van der Waals surface area contributed by atoms with Crippen LogP contribution in [0.25, 0.3) is 0 Å². The monoisotopic (exact) mass is 282 g/mol. The molecular formula is C18H22N2O. The minimum Gasteiger partial charge on any atom is -0.478 e. The summed E-state index contributed by atoms with van der Waals surface area (Å²) in [5.74, 6) is 1.33. The highest BCUT2D eigenvalue weighted by molar-refractivity contribution is 5.47. The number of hydrogen-bond donors (Lipinski definition) is 1. The summed E-state index contributed by atoms with van der Waals surface area (Å²) in [5.41, 5.74) is 3.94. The third-order valence-corrected chi connectivity index (χ3v) is 4.16. The van der Waals surface area contributed by atoms with Crippen molar-refractivity contribution in [2.75, 3.05) is 11.9 Å². The van der Waals surface area contributed by atoms with Crippen LogP contribution < -0.4 is 10.1 Å². The first kappa shape index (κ1) is 13.9. The van der Waals surface area contributed by atoms with Gasteiger partial charge >= 0.3 is 0 Å². The van der Waals surface area contributed by atoms with E-state index in [2.05, 4.69) is 41.5 Å². The zero-order valence-electron chi connectivity index (χ0n) is 12.7. The summed E-state index contributed by atoms with van der Waals surface area (Å²) in [6.45, 7) is 4.93. The smallest absolute Gasteiger partial charge is 0.213 e. The van der Waals surface area contributed by atoms with E-state index in [1.165, 1.54) is 17.5 Å². The molecule has 1 aliphatic carbocycles. The normalized spacial score (nSPS) is 20.7. The van der Waals surface area contributed by atoms with Crippen LogP contribution in [0.1, 0.15) is 49.8 Å². The van der Waals surface area contributed by atoms with Crippen molar-refractivity contribution in [3.63, 3.8) is 0 Å². The van der Waals surface area contributed by atoms with Gasteiger partial charge in [0.05, 0.1) is 24.5 Å². The third kappa shape index (κ3) is 3.02. The van der Waals surface area contributed by atoms with Crippen LogP contribution in [0, 0.1) is 0 Å². The van der Waals surface area contributed by atoms with Crippen molar-refractivity contribution in [3.05, 3.63) is 53.7 Å². The molecule has 3 nitrogen and oxygen atoms in total. The molecule has 1 aromatic heterocycles. The van der Waals surface area contributed by atoms with Crippen molar-refractivity contribution in [1.29, 1.82) is 0 Å². The molecule has 0 saturated carbocycles. The van der Waals surface area contributed by atoms with Gasteiger partial charge in [0.2, 0.25) is 5.88 Å². The van der Waals surface area contributed by atoms with Crippen molar-refractivity contribution in [3.8, 4) is 5.88 Å². The SMILES string of the molecule is CCOc1ccc(NC2CCC(C)c3ccccc32)cn1. The molecule has 0 amide bonds. The zero-order chi connectivity index (χ0) is 14.7. The summed E-state index contributed by atoms with van der Waals surface area (Å²) < 4.78 is 5.38. The summed E-state index contributed by atoms with van der Waals surface area (Å²) in [6, 6.07) is 13.1. The molecule has 21 heavy (non-hydrogen) atoms. The molecule has 2 atom stereocenters. The molecule has 1 heterocycles. The molecule has 1 aliphatic rings. The Morgan fingerprint density at radius 3 is 2.67 bits per heavy atom. The second kappa shape index (κ2) is 6.17. The number of rotatable bonds is 4. The highest BCUT2D eigenvalue weighted by atomic mass is 16.5. The van der Waals surface area contributed by atoms with Gasteiger partial charge in [0.25, 0.3) is 0 Å². The quantitative estimate of drug-likeness (QED) is 0.894. The number of ether oxygens (including phenoxy) is 1. The van der Waals surface area contributed by atoms with E-state index in [0.29, 0.717) is 24.4 Å². The number of nitrogens with one attached hydrogen (secondary N) is 1. The number of anilines is 1. The average Bonchev–Trinajstić information content (AvgIpc) is 2.52. The van der Waals surface area contributed by atoms with Crippen LogP contribution in [0.3, 0.4) is 0 Å². The number of nitrogens with zero attached hydrogens (tertiary/aromatic N) is 1. The van der Waals surface area contributed by atoms with Crippen LogP contribution in [0.4, 0.5) is 5.69 Å². The lowest BCUT2D eigenvalue weighted by Crippen LogP contribution is -2.19. The van der Waals surface area contributed by atoms with Crippen molar-refractivity contribution >= 4 is 5.69 Å². The first-order chi connectivity index (χ1) is 10.3. The minimum atomic E-state index is 0.372. The molecule has 0 saturated heterocycles. The maximum Gasteiger partial charge on any atom is 0.213 e. The van der Waals surface area contributed by atoms with Crippen LogP contribution in [0.2, 0.25) is 0 Å². The van der Waals surface area contributed by atoms with Gasteiger partial charge in [0.1, 0.15) is 0 Å². The van der Waals surface area contributed by atoms with Crippen LogP contribution >= 0.6 is 0 Å². The maximum atomic E-state index is 5.38. The Morgan fingerprint density at radius 2 is 1.95 bits per heavy atom. The Hall–Kier alpha value is -2.03. The molecule has 0 bridgehead atoms. The first-order valence-electron chi connectivity index (χ1n) is 7.72. The second-order valence-corrected chi connectivity index (χ2v) is 5.62. The lowest BCUT2D eigenvalue weighted by atomic mass is 9.81. The molecule has 0 aliphatic heterocycles. The van der Waals surface area contributed by atoms with Crippen LogP contribution in [0.5, 0.6) is 5.88 Å². The van der Waals surface area contributed by atoms with Crippen molar-refractivity contribution in [2.24, 2.45) is 0 Å². The molecule has 0 fully saturated rings. The van der Waals surface area contributed by atoms with Gasteiger partial charge < -0.3 is 10.1 Å². The molecule has 1 aromatic carbocycles. The Kier molecular flexibility index (Phi) is 4.09. The summed E-state index contributed by atoms with van der Waals surface area (Å²) in [5, 5.41) is 3.61. The van der Waals surface area contributed by atoms with E-state index in [9.17, 15) is 0 Å². The van der Waals surface area contributed by atoms with Gasteiger partial charge in [-0.05, 0) is 42.9 Å². The van der Waals surface area contributed by atoms with E-state index in [1.54, 1.807) is 0 Å². The van der Waals surface area contributed by atoms with Crippen LogP contribution in [-0.2, 0) is 0 Å². The Bertz CT molecular complexity index is 594. The first-order valence-corrected chi connectivity index (χ1v) is 7.72. The largest absolute Gasteiger partial charge is 0.478 e. The number of pyridine rings is 1. The Labute approximate surface area is 126 Å². The van der Waals surface area contributed by atoms with Gasteiger partial charge in [-0.1, -0.05) is 31.2 Å². The van der Waals surface area contributed by atoms with E-state index in [4.69, 9.17) is 4.74 Å². The van der Waals surface area contributed by atoms with Gasteiger partial charge in [-0.2, -0.15) is 0 Å². The zero-order valence-corrected chi connectivity index (χ0v) is 12.7. The molecule has 1 N–H and O–H groups in total. The summed E-state index contributed by atoms with van der Waals surface area (Å²) >= 11 is 0. The highest BCUT2D eigenvalue weighted by Gasteiger charge is 2.24. The standard InChI is InChI=1S/C18H22N2O/c1-3-21-18-11-9-14(12-19-18)20-17-10-8-13(2)15-6-4-5-7-16(15)17/h4-7,9,11-13,17,20H,3,8,10H2,1-2H3. The van der Waals surface area contributed by atoms with E-state index in [-0.39, 0.29) is 0 Å². The molecule has 0 radical (unpaired) electrons. The van der Waals surface area contributed by atoms with E-state index < -0.39 is 0 Å². The fraction of sp³-hybridized carbons (Fsp3) is 0.389. The topological polar surface area (TPSA) is 34.1 Å². The molecule has 2 unspecified atom stereocenters. The molecule has 0 spiro atoms. The molecule has 3 heteroatoms. The number of aromatic nitrogens is 1. The number of hydrogen-bond acceptors (Lipinski definition) is 3. The second-order valence-electron chi connectivity index (χ2n) is 5.62.